The molecule has 1 unspecified atom stereocenters. The van der Waals surface area contributed by atoms with Crippen molar-refractivity contribution in [3.05, 3.63) is 0 Å². The van der Waals surface area contributed by atoms with Crippen LogP contribution in [0.4, 0.5) is 0 Å². The van der Waals surface area contributed by atoms with Crippen molar-refractivity contribution < 1.29 is 4.74 Å². The summed E-state index contributed by atoms with van der Waals surface area (Å²) in [4.78, 5) is 2.56. The molecule has 0 bridgehead atoms. The first-order chi connectivity index (χ1) is 8.30. The topological polar surface area (TPSA) is 12.5 Å². The largest absolute Gasteiger partial charge is 0.383 e. The van der Waals surface area contributed by atoms with E-state index in [1.807, 2.05) is 0 Å². The molecule has 18 heavy (non-hydrogen) atoms. The van der Waals surface area contributed by atoms with Crippen LogP contribution in [0, 0.1) is 16.7 Å². The van der Waals surface area contributed by atoms with Crippen molar-refractivity contribution in [1.29, 1.82) is 0 Å². The molecule has 0 aromatic carbocycles. The first-order valence-electron chi connectivity index (χ1n) is 7.52. The van der Waals surface area contributed by atoms with Crippen LogP contribution in [-0.4, -0.2) is 38.3 Å². The quantitative estimate of drug-likeness (QED) is 0.686. The Kier molecular flexibility index (Phi) is 5.67. The van der Waals surface area contributed by atoms with Gasteiger partial charge in [-0.15, -0.1) is 0 Å². The number of hydrogen-bond donors (Lipinski definition) is 0. The summed E-state index contributed by atoms with van der Waals surface area (Å²) >= 11 is 0. The second-order valence-electron chi connectivity index (χ2n) is 7.46. The second-order valence-corrected chi connectivity index (χ2v) is 7.46. The molecule has 0 aliphatic carbocycles. The van der Waals surface area contributed by atoms with Gasteiger partial charge in [0.1, 0.15) is 0 Å². The van der Waals surface area contributed by atoms with Crippen LogP contribution in [0.2, 0.25) is 0 Å². The molecule has 1 aliphatic heterocycles. The molecule has 1 rings (SSSR count). The molecule has 0 aromatic heterocycles. The molecule has 1 heterocycles. The summed E-state index contributed by atoms with van der Waals surface area (Å²) in [5.41, 5.74) is 0.935. The molecule has 0 aromatic rings. The van der Waals surface area contributed by atoms with Gasteiger partial charge in [-0.1, -0.05) is 41.0 Å². The van der Waals surface area contributed by atoms with Crippen LogP contribution in [-0.2, 0) is 4.74 Å². The van der Waals surface area contributed by atoms with E-state index in [0.29, 0.717) is 10.8 Å². The SMILES string of the molecule is CCC(C)(C)CC(C)(C)C1CCN(CCOC)C1. The lowest BCUT2D eigenvalue weighted by molar-refractivity contribution is 0.112. The van der Waals surface area contributed by atoms with E-state index in [-0.39, 0.29) is 0 Å². The third-order valence-corrected chi connectivity index (χ3v) is 4.88. The lowest BCUT2D eigenvalue weighted by Gasteiger charge is -2.39. The highest BCUT2D eigenvalue weighted by atomic mass is 16.5. The fraction of sp³-hybridized carbons (Fsp3) is 1.00. The lowest BCUT2D eigenvalue weighted by atomic mass is 9.67. The summed E-state index contributed by atoms with van der Waals surface area (Å²) in [6, 6.07) is 0. The van der Waals surface area contributed by atoms with Gasteiger partial charge in [-0.25, -0.2) is 0 Å². The monoisotopic (exact) mass is 255 g/mol. The zero-order valence-electron chi connectivity index (χ0n) is 13.4. The predicted molar refractivity (Wildman–Crippen MR) is 78.9 cm³/mol. The molecule has 1 atom stereocenters. The molecule has 1 fully saturated rings. The van der Waals surface area contributed by atoms with Crippen molar-refractivity contribution in [1.82, 2.24) is 4.90 Å². The summed E-state index contributed by atoms with van der Waals surface area (Å²) in [6.45, 7) is 16.5. The molecule has 2 heteroatoms. The van der Waals surface area contributed by atoms with Gasteiger partial charge in [0.05, 0.1) is 6.61 Å². The highest BCUT2D eigenvalue weighted by Crippen LogP contribution is 2.44. The Morgan fingerprint density at radius 3 is 2.44 bits per heavy atom. The van der Waals surface area contributed by atoms with E-state index in [1.54, 1.807) is 7.11 Å². The van der Waals surface area contributed by atoms with Crippen LogP contribution in [0.3, 0.4) is 0 Å². The lowest BCUT2D eigenvalue weighted by Crippen LogP contribution is -2.33. The van der Waals surface area contributed by atoms with Crippen LogP contribution in [0.15, 0.2) is 0 Å². The van der Waals surface area contributed by atoms with E-state index in [4.69, 9.17) is 4.74 Å². The molecule has 0 N–H and O–H groups in total. The molecule has 1 saturated heterocycles. The predicted octanol–water partition coefficient (Wildman–Crippen LogP) is 3.81. The highest BCUT2D eigenvalue weighted by molar-refractivity contribution is 4.89. The average molecular weight is 255 g/mol. The molecule has 0 spiro atoms. The minimum Gasteiger partial charge on any atom is -0.383 e. The normalized spacial score (nSPS) is 22.7. The smallest absolute Gasteiger partial charge is 0.0589 e. The van der Waals surface area contributed by atoms with Gasteiger partial charge < -0.3 is 9.64 Å². The standard InChI is InChI=1S/C16H33NO/c1-7-15(2,3)13-16(4,5)14-8-9-17(12-14)10-11-18-6/h14H,7-13H2,1-6H3. The summed E-state index contributed by atoms with van der Waals surface area (Å²) in [5, 5.41) is 0. The Hall–Kier alpha value is -0.0800. The molecule has 108 valence electrons. The van der Waals surface area contributed by atoms with Gasteiger partial charge in [0.25, 0.3) is 0 Å². The summed E-state index contributed by atoms with van der Waals surface area (Å²) in [7, 11) is 1.79. The van der Waals surface area contributed by atoms with Crippen molar-refractivity contribution in [3.8, 4) is 0 Å². The van der Waals surface area contributed by atoms with Gasteiger partial charge in [0.2, 0.25) is 0 Å². The third-order valence-electron chi connectivity index (χ3n) is 4.88. The maximum Gasteiger partial charge on any atom is 0.0589 e. The zero-order valence-corrected chi connectivity index (χ0v) is 13.4. The van der Waals surface area contributed by atoms with Crippen molar-refractivity contribution in [3.63, 3.8) is 0 Å². The Morgan fingerprint density at radius 1 is 1.22 bits per heavy atom. The average Bonchev–Trinajstić information content (AvgIpc) is 2.74. The van der Waals surface area contributed by atoms with Crippen molar-refractivity contribution in [2.75, 3.05) is 33.4 Å². The molecule has 2 nitrogen and oxygen atoms in total. The fourth-order valence-corrected chi connectivity index (χ4v) is 3.40. The molecule has 1 aliphatic rings. The van der Waals surface area contributed by atoms with Gasteiger partial charge in [-0.3, -0.25) is 0 Å². The van der Waals surface area contributed by atoms with E-state index < -0.39 is 0 Å². The molecule has 0 radical (unpaired) electrons. The molecular formula is C16H33NO. The first-order valence-corrected chi connectivity index (χ1v) is 7.52. The van der Waals surface area contributed by atoms with E-state index in [2.05, 4.69) is 39.5 Å². The van der Waals surface area contributed by atoms with Crippen LogP contribution >= 0.6 is 0 Å². The van der Waals surface area contributed by atoms with Crippen molar-refractivity contribution >= 4 is 0 Å². The number of rotatable bonds is 7. The Labute approximate surface area is 114 Å². The van der Waals surface area contributed by atoms with Crippen LogP contribution in [0.1, 0.15) is 53.9 Å². The van der Waals surface area contributed by atoms with Gasteiger partial charge in [0, 0.05) is 20.2 Å². The van der Waals surface area contributed by atoms with E-state index >= 15 is 0 Å². The molecular weight excluding hydrogens is 222 g/mol. The van der Waals surface area contributed by atoms with Crippen molar-refractivity contribution in [2.45, 2.75) is 53.9 Å². The van der Waals surface area contributed by atoms with E-state index in [1.165, 1.54) is 32.4 Å². The fourth-order valence-electron chi connectivity index (χ4n) is 3.40. The summed E-state index contributed by atoms with van der Waals surface area (Å²) in [6.07, 6.45) is 3.96. The summed E-state index contributed by atoms with van der Waals surface area (Å²) in [5.74, 6) is 0.847. The van der Waals surface area contributed by atoms with Crippen LogP contribution in [0.5, 0.6) is 0 Å². The van der Waals surface area contributed by atoms with E-state index in [0.717, 1.165) is 19.1 Å². The highest BCUT2D eigenvalue weighted by Gasteiger charge is 2.38. The summed E-state index contributed by atoms with van der Waals surface area (Å²) < 4.78 is 5.18. The Bertz CT molecular complexity index is 247. The zero-order chi connectivity index (χ0) is 13.8. The number of nitrogens with zero attached hydrogens (tertiary/aromatic N) is 1. The molecule has 0 saturated carbocycles. The maximum atomic E-state index is 5.18. The van der Waals surface area contributed by atoms with Gasteiger partial charge in [-0.2, -0.15) is 0 Å². The van der Waals surface area contributed by atoms with Crippen LogP contribution < -0.4 is 0 Å². The Morgan fingerprint density at radius 2 is 1.89 bits per heavy atom. The first kappa shape index (κ1) is 16.0. The minimum atomic E-state index is 0.460. The van der Waals surface area contributed by atoms with Gasteiger partial charge in [-0.05, 0) is 36.1 Å². The Balaban J connectivity index is 2.49. The number of likely N-dealkylation sites (tertiary alicyclic amines) is 1. The van der Waals surface area contributed by atoms with E-state index in [9.17, 15) is 0 Å². The number of ether oxygens (including phenoxy) is 1. The third kappa shape index (κ3) is 4.55. The van der Waals surface area contributed by atoms with Crippen molar-refractivity contribution in [2.24, 2.45) is 16.7 Å². The minimum absolute atomic E-state index is 0.460. The maximum absolute atomic E-state index is 5.18. The second kappa shape index (κ2) is 6.38. The number of methoxy groups -OCH3 is 1. The van der Waals surface area contributed by atoms with Gasteiger partial charge in [0.15, 0.2) is 0 Å². The van der Waals surface area contributed by atoms with Gasteiger partial charge >= 0.3 is 0 Å². The van der Waals surface area contributed by atoms with Crippen LogP contribution in [0.25, 0.3) is 0 Å². The number of hydrogen-bond acceptors (Lipinski definition) is 2. The molecule has 0 amide bonds.